The molecule has 0 saturated heterocycles. The van der Waals surface area contributed by atoms with Crippen molar-refractivity contribution in [2.45, 2.75) is 13.3 Å². The molecule has 0 N–H and O–H groups in total. The minimum absolute atomic E-state index is 0.365. The highest BCUT2D eigenvalue weighted by Crippen LogP contribution is 2.20. The van der Waals surface area contributed by atoms with Crippen LogP contribution >= 0.6 is 11.6 Å². The van der Waals surface area contributed by atoms with E-state index >= 15 is 0 Å². The van der Waals surface area contributed by atoms with Gasteiger partial charge in [0.25, 0.3) is 0 Å². The van der Waals surface area contributed by atoms with Crippen molar-refractivity contribution in [2.75, 3.05) is 0 Å². The third kappa shape index (κ3) is 1.75. The summed E-state index contributed by atoms with van der Waals surface area (Å²) in [7, 11) is 0. The lowest BCUT2D eigenvalue weighted by molar-refractivity contribution is 0.881. The molecule has 0 atom stereocenters. The number of aromatic nitrogens is 4. The van der Waals surface area contributed by atoms with Crippen LogP contribution in [0.4, 0.5) is 0 Å². The minimum Gasteiger partial charge on any atom is -0.268 e. The Bertz CT molecular complexity index is 705. The quantitative estimate of drug-likeness (QED) is 0.710. The Labute approximate surface area is 109 Å². The van der Waals surface area contributed by atoms with Crippen molar-refractivity contribution in [3.05, 3.63) is 47.6 Å². The standard InChI is InChI=1S/C13H11ClN4/c1-2-12-16-17-13(14)18(12)10-7-9-5-3-4-6-11(9)15-8-10/h3-8H,2H2,1H3. The molecule has 0 radical (unpaired) electrons. The molecule has 3 aromatic rings. The first-order valence-corrected chi connectivity index (χ1v) is 6.12. The first-order valence-electron chi connectivity index (χ1n) is 5.74. The second-order valence-corrected chi connectivity index (χ2v) is 4.30. The zero-order valence-corrected chi connectivity index (χ0v) is 10.6. The highest BCUT2D eigenvalue weighted by atomic mass is 35.5. The van der Waals surface area contributed by atoms with Crippen LogP contribution in [0.1, 0.15) is 12.7 Å². The second-order valence-electron chi connectivity index (χ2n) is 3.96. The van der Waals surface area contributed by atoms with Gasteiger partial charge in [0.2, 0.25) is 5.28 Å². The third-order valence-corrected chi connectivity index (χ3v) is 3.09. The molecule has 2 heterocycles. The maximum Gasteiger partial charge on any atom is 0.229 e. The van der Waals surface area contributed by atoms with Crippen molar-refractivity contribution >= 4 is 22.5 Å². The Balaban J connectivity index is 2.22. The van der Waals surface area contributed by atoms with E-state index in [0.29, 0.717) is 5.28 Å². The summed E-state index contributed by atoms with van der Waals surface area (Å²) in [5.74, 6) is 0.831. The molecule has 0 unspecified atom stereocenters. The van der Waals surface area contributed by atoms with E-state index in [1.54, 1.807) is 6.20 Å². The lowest BCUT2D eigenvalue weighted by atomic mass is 10.2. The molecule has 0 aliphatic rings. The van der Waals surface area contributed by atoms with Gasteiger partial charge in [-0.2, -0.15) is 0 Å². The number of hydrogen-bond donors (Lipinski definition) is 0. The molecule has 0 saturated carbocycles. The summed E-state index contributed by atoms with van der Waals surface area (Å²) in [6.07, 6.45) is 2.56. The van der Waals surface area contributed by atoms with Crippen molar-refractivity contribution in [1.82, 2.24) is 19.7 Å². The lowest BCUT2D eigenvalue weighted by Crippen LogP contribution is -2.01. The number of benzene rings is 1. The Morgan fingerprint density at radius 1 is 1.22 bits per heavy atom. The molecule has 0 amide bonds. The number of rotatable bonds is 2. The van der Waals surface area contributed by atoms with E-state index in [0.717, 1.165) is 28.8 Å². The van der Waals surface area contributed by atoms with Gasteiger partial charge in [-0.3, -0.25) is 9.55 Å². The highest BCUT2D eigenvalue weighted by Gasteiger charge is 2.11. The SMILES string of the molecule is CCc1nnc(Cl)n1-c1cnc2ccccc2c1. The third-order valence-electron chi connectivity index (χ3n) is 2.84. The topological polar surface area (TPSA) is 43.6 Å². The maximum absolute atomic E-state index is 6.07. The molecule has 0 aliphatic heterocycles. The summed E-state index contributed by atoms with van der Waals surface area (Å²) in [6.45, 7) is 2.02. The van der Waals surface area contributed by atoms with E-state index < -0.39 is 0 Å². The van der Waals surface area contributed by atoms with Gasteiger partial charge in [0.15, 0.2) is 0 Å². The number of para-hydroxylation sites is 1. The van der Waals surface area contributed by atoms with Crippen molar-refractivity contribution in [2.24, 2.45) is 0 Å². The molecule has 5 heteroatoms. The second kappa shape index (κ2) is 4.38. The van der Waals surface area contributed by atoms with Crippen LogP contribution in [0.2, 0.25) is 5.28 Å². The maximum atomic E-state index is 6.07. The summed E-state index contributed by atoms with van der Waals surface area (Å²) in [6, 6.07) is 10.0. The van der Waals surface area contributed by atoms with Crippen LogP contribution in [0, 0.1) is 0 Å². The number of hydrogen-bond acceptors (Lipinski definition) is 3. The molecule has 0 aliphatic carbocycles. The van der Waals surface area contributed by atoms with Crippen LogP contribution in [-0.4, -0.2) is 19.7 Å². The predicted octanol–water partition coefficient (Wildman–Crippen LogP) is 3.03. The van der Waals surface area contributed by atoms with Crippen LogP contribution in [0.5, 0.6) is 0 Å². The van der Waals surface area contributed by atoms with E-state index in [4.69, 9.17) is 11.6 Å². The smallest absolute Gasteiger partial charge is 0.229 e. The van der Waals surface area contributed by atoms with Crippen molar-refractivity contribution in [3.8, 4) is 5.69 Å². The van der Waals surface area contributed by atoms with Gasteiger partial charge in [0.05, 0.1) is 17.4 Å². The van der Waals surface area contributed by atoms with Crippen LogP contribution in [0.15, 0.2) is 36.5 Å². The molecule has 0 spiro atoms. The van der Waals surface area contributed by atoms with Crippen molar-refractivity contribution < 1.29 is 0 Å². The van der Waals surface area contributed by atoms with E-state index in [9.17, 15) is 0 Å². The monoisotopic (exact) mass is 258 g/mol. The molecular weight excluding hydrogens is 248 g/mol. The zero-order chi connectivity index (χ0) is 12.5. The molecule has 3 rings (SSSR count). The van der Waals surface area contributed by atoms with Gasteiger partial charge >= 0.3 is 0 Å². The zero-order valence-electron chi connectivity index (χ0n) is 9.84. The first-order chi connectivity index (χ1) is 8.79. The van der Waals surface area contributed by atoms with Crippen LogP contribution in [0.3, 0.4) is 0 Å². The van der Waals surface area contributed by atoms with Crippen LogP contribution in [0.25, 0.3) is 16.6 Å². The number of nitrogens with zero attached hydrogens (tertiary/aromatic N) is 4. The normalized spacial score (nSPS) is 11.0. The fourth-order valence-corrected chi connectivity index (χ4v) is 2.19. The summed E-state index contributed by atoms with van der Waals surface area (Å²) >= 11 is 6.07. The Morgan fingerprint density at radius 2 is 2.06 bits per heavy atom. The number of aryl methyl sites for hydroxylation is 1. The molecule has 1 aromatic carbocycles. The highest BCUT2D eigenvalue weighted by molar-refractivity contribution is 6.28. The van der Waals surface area contributed by atoms with Gasteiger partial charge in [0, 0.05) is 11.8 Å². The average Bonchev–Trinajstić information content (AvgIpc) is 2.79. The van der Waals surface area contributed by atoms with Crippen molar-refractivity contribution in [1.29, 1.82) is 0 Å². The predicted molar refractivity (Wildman–Crippen MR) is 71.0 cm³/mol. The summed E-state index contributed by atoms with van der Waals surface area (Å²) in [5, 5.41) is 9.37. The molecular formula is C13H11ClN4. The Hall–Kier alpha value is -1.94. The molecule has 18 heavy (non-hydrogen) atoms. The summed E-state index contributed by atoms with van der Waals surface area (Å²) in [5.41, 5.74) is 1.85. The Kier molecular flexibility index (Phi) is 2.72. The lowest BCUT2D eigenvalue weighted by Gasteiger charge is -2.07. The van der Waals surface area contributed by atoms with Gasteiger partial charge in [0.1, 0.15) is 5.82 Å². The summed E-state index contributed by atoms with van der Waals surface area (Å²) < 4.78 is 1.82. The fraction of sp³-hybridized carbons (Fsp3) is 0.154. The molecule has 0 fully saturated rings. The van der Waals surface area contributed by atoms with Gasteiger partial charge in [-0.15, -0.1) is 10.2 Å². The number of fused-ring (bicyclic) bond motifs is 1. The molecule has 0 bridgehead atoms. The van der Waals surface area contributed by atoms with E-state index in [-0.39, 0.29) is 0 Å². The number of halogens is 1. The van der Waals surface area contributed by atoms with Crippen LogP contribution < -0.4 is 0 Å². The van der Waals surface area contributed by atoms with E-state index in [2.05, 4.69) is 15.2 Å². The fourth-order valence-electron chi connectivity index (χ4n) is 1.96. The average molecular weight is 259 g/mol. The molecule has 2 aromatic heterocycles. The Morgan fingerprint density at radius 3 is 2.89 bits per heavy atom. The van der Waals surface area contributed by atoms with Gasteiger partial charge < -0.3 is 0 Å². The molecule has 4 nitrogen and oxygen atoms in total. The minimum atomic E-state index is 0.365. The van der Waals surface area contributed by atoms with Gasteiger partial charge in [-0.05, 0) is 23.7 Å². The first kappa shape index (κ1) is 11.2. The summed E-state index contributed by atoms with van der Waals surface area (Å²) in [4.78, 5) is 4.42. The van der Waals surface area contributed by atoms with Crippen LogP contribution in [-0.2, 0) is 6.42 Å². The van der Waals surface area contributed by atoms with Gasteiger partial charge in [-0.25, -0.2) is 0 Å². The number of pyridine rings is 1. The van der Waals surface area contributed by atoms with E-state index in [1.165, 1.54) is 0 Å². The largest absolute Gasteiger partial charge is 0.268 e. The van der Waals surface area contributed by atoms with Gasteiger partial charge in [-0.1, -0.05) is 25.1 Å². The van der Waals surface area contributed by atoms with Crippen molar-refractivity contribution in [3.63, 3.8) is 0 Å². The molecule has 90 valence electrons. The van der Waals surface area contributed by atoms with E-state index in [1.807, 2.05) is 41.8 Å².